The molecule has 19 heteroatoms. The van der Waals surface area contributed by atoms with Gasteiger partial charge in [-0.1, -0.05) is 52.3 Å². The molecule has 0 fully saturated rings. The van der Waals surface area contributed by atoms with Gasteiger partial charge in [-0.3, -0.25) is 33.6 Å². The third-order valence-corrected chi connectivity index (χ3v) is 9.48. The van der Waals surface area contributed by atoms with Crippen molar-refractivity contribution in [3.05, 3.63) is 36.0 Å². The van der Waals surface area contributed by atoms with Crippen LogP contribution in [0, 0.1) is 11.8 Å². The summed E-state index contributed by atoms with van der Waals surface area (Å²) in [6.07, 6.45) is 0.954. The zero-order valence-electron chi connectivity index (χ0n) is 32.8. The molecular formula is C38H58N8O11. The maximum absolute atomic E-state index is 13.9. The van der Waals surface area contributed by atoms with Gasteiger partial charge >= 0.3 is 17.9 Å². The Kier molecular flexibility index (Phi) is 19.6. The van der Waals surface area contributed by atoms with Crippen molar-refractivity contribution < 1.29 is 53.7 Å². The summed E-state index contributed by atoms with van der Waals surface area (Å²) in [7, 11) is 0. The van der Waals surface area contributed by atoms with E-state index in [0.717, 1.165) is 5.52 Å². The van der Waals surface area contributed by atoms with Gasteiger partial charge in [0.1, 0.15) is 30.2 Å². The number of unbranched alkanes of at least 4 members (excludes halogenated alkanes) is 1. The SMILES string of the molecule is CC[C@H](C)[C@H](N)C(=O)N[C@@H](CCCCN)C(=O)N[C@@H](CC(=O)O)C(=O)N[C@@H](CCC(=O)O)C(=O)N[C@@H](Cc1c[nH]c2ccccc12)C(=O)N[C@@H](CC(C)C)C(=O)O. The number of H-pyrrole nitrogens is 1. The van der Waals surface area contributed by atoms with Gasteiger partial charge in [0.2, 0.25) is 29.5 Å². The van der Waals surface area contributed by atoms with E-state index >= 15 is 0 Å². The number of hydrogen-bond donors (Lipinski definition) is 11. The number of para-hydroxylation sites is 1. The van der Waals surface area contributed by atoms with Crippen molar-refractivity contribution in [2.75, 3.05) is 6.54 Å². The number of aromatic nitrogens is 1. The minimum Gasteiger partial charge on any atom is -0.481 e. The summed E-state index contributed by atoms with van der Waals surface area (Å²) in [5.41, 5.74) is 13.0. The predicted octanol–water partition coefficient (Wildman–Crippen LogP) is 0.107. The van der Waals surface area contributed by atoms with E-state index in [1.54, 1.807) is 51.2 Å². The van der Waals surface area contributed by atoms with Gasteiger partial charge in [-0.15, -0.1) is 0 Å². The van der Waals surface area contributed by atoms with E-state index in [1.807, 2.05) is 6.92 Å². The van der Waals surface area contributed by atoms with Crippen LogP contribution in [0.2, 0.25) is 0 Å². The van der Waals surface area contributed by atoms with E-state index in [-0.39, 0.29) is 31.1 Å². The fourth-order valence-corrected chi connectivity index (χ4v) is 5.97. The summed E-state index contributed by atoms with van der Waals surface area (Å²) in [4.78, 5) is 106. The Morgan fingerprint density at radius 2 is 1.25 bits per heavy atom. The number of nitrogens with one attached hydrogen (secondary N) is 6. The first-order valence-electron chi connectivity index (χ1n) is 19.1. The first-order chi connectivity index (χ1) is 26.9. The van der Waals surface area contributed by atoms with Crippen LogP contribution < -0.4 is 38.1 Å². The van der Waals surface area contributed by atoms with Crippen LogP contribution in [-0.4, -0.2) is 111 Å². The number of hydrogen-bond acceptors (Lipinski definition) is 10. The molecule has 0 radical (unpaired) electrons. The maximum atomic E-state index is 13.9. The Labute approximate surface area is 330 Å². The van der Waals surface area contributed by atoms with Gasteiger partial charge in [0, 0.05) is 29.9 Å². The first-order valence-corrected chi connectivity index (χ1v) is 19.1. The molecule has 7 atom stereocenters. The van der Waals surface area contributed by atoms with Crippen molar-refractivity contribution in [3.8, 4) is 0 Å². The summed E-state index contributed by atoms with van der Waals surface area (Å²) in [5.74, 6) is -9.10. The average Bonchev–Trinajstić information content (AvgIpc) is 3.56. The summed E-state index contributed by atoms with van der Waals surface area (Å²) in [5, 5.41) is 41.8. The third kappa shape index (κ3) is 15.8. The van der Waals surface area contributed by atoms with Gasteiger partial charge in [0.15, 0.2) is 0 Å². The van der Waals surface area contributed by atoms with Gasteiger partial charge in [0.25, 0.3) is 0 Å². The van der Waals surface area contributed by atoms with E-state index in [1.165, 1.54) is 0 Å². The fraction of sp³-hybridized carbons (Fsp3) is 0.579. The Morgan fingerprint density at radius 1 is 0.702 bits per heavy atom. The molecule has 0 saturated heterocycles. The molecule has 0 aliphatic rings. The maximum Gasteiger partial charge on any atom is 0.326 e. The molecule has 2 rings (SSSR count). The van der Waals surface area contributed by atoms with Gasteiger partial charge in [0.05, 0.1) is 12.5 Å². The van der Waals surface area contributed by atoms with Crippen molar-refractivity contribution in [2.45, 2.75) is 122 Å². The quantitative estimate of drug-likeness (QED) is 0.0564. The van der Waals surface area contributed by atoms with Gasteiger partial charge < -0.3 is 58.4 Å². The molecular weight excluding hydrogens is 744 g/mol. The van der Waals surface area contributed by atoms with Crippen LogP contribution in [0.5, 0.6) is 0 Å². The monoisotopic (exact) mass is 802 g/mol. The number of carbonyl (C=O) groups excluding carboxylic acids is 5. The minimum atomic E-state index is -1.80. The number of aromatic amines is 1. The highest BCUT2D eigenvalue weighted by Gasteiger charge is 2.34. The Hall–Kier alpha value is -5.56. The van der Waals surface area contributed by atoms with E-state index in [2.05, 4.69) is 31.6 Å². The van der Waals surface area contributed by atoms with Gasteiger partial charge in [-0.05, 0) is 62.1 Å². The number of nitrogens with two attached hydrogens (primary N) is 2. The van der Waals surface area contributed by atoms with Crippen molar-refractivity contribution in [2.24, 2.45) is 23.3 Å². The number of fused-ring (bicyclic) bond motifs is 1. The minimum absolute atomic E-state index is 0.0744. The molecule has 2 aromatic rings. The molecule has 1 aromatic heterocycles. The number of carbonyl (C=O) groups is 8. The lowest BCUT2D eigenvalue weighted by Crippen LogP contribution is -2.60. The molecule has 316 valence electrons. The second-order valence-electron chi connectivity index (χ2n) is 14.6. The molecule has 0 aliphatic heterocycles. The van der Waals surface area contributed by atoms with Crippen LogP contribution in [0.1, 0.15) is 84.6 Å². The number of rotatable bonds is 26. The average molecular weight is 803 g/mol. The van der Waals surface area contributed by atoms with Crippen molar-refractivity contribution >= 4 is 58.3 Å². The molecule has 0 aliphatic carbocycles. The predicted molar refractivity (Wildman–Crippen MR) is 208 cm³/mol. The smallest absolute Gasteiger partial charge is 0.326 e. The summed E-state index contributed by atoms with van der Waals surface area (Å²) < 4.78 is 0. The molecule has 19 nitrogen and oxygen atoms in total. The van der Waals surface area contributed by atoms with Crippen molar-refractivity contribution in [1.82, 2.24) is 31.6 Å². The summed E-state index contributed by atoms with van der Waals surface area (Å²) >= 11 is 0. The number of aliphatic carboxylic acids is 3. The Morgan fingerprint density at radius 3 is 1.82 bits per heavy atom. The Bertz CT molecular complexity index is 1710. The number of amides is 5. The highest BCUT2D eigenvalue weighted by molar-refractivity contribution is 5.98. The fourth-order valence-electron chi connectivity index (χ4n) is 5.97. The molecule has 5 amide bonds. The lowest BCUT2D eigenvalue weighted by atomic mass is 9.98. The summed E-state index contributed by atoms with van der Waals surface area (Å²) in [6, 6.07) is -1.28. The van der Waals surface area contributed by atoms with Crippen molar-refractivity contribution in [3.63, 3.8) is 0 Å². The zero-order valence-corrected chi connectivity index (χ0v) is 32.8. The number of carboxylic acids is 3. The van der Waals surface area contributed by atoms with E-state index in [9.17, 15) is 53.7 Å². The largest absolute Gasteiger partial charge is 0.481 e. The zero-order chi connectivity index (χ0) is 42.8. The molecule has 0 unspecified atom stereocenters. The third-order valence-electron chi connectivity index (χ3n) is 9.48. The highest BCUT2D eigenvalue weighted by atomic mass is 16.4. The molecule has 1 heterocycles. The summed E-state index contributed by atoms with van der Waals surface area (Å²) in [6.45, 7) is 7.42. The molecule has 13 N–H and O–H groups in total. The van der Waals surface area contributed by atoms with Crippen LogP contribution in [-0.2, 0) is 44.8 Å². The molecule has 0 spiro atoms. The second kappa shape index (κ2) is 23.5. The lowest BCUT2D eigenvalue weighted by molar-refractivity contribution is -0.142. The molecule has 0 saturated carbocycles. The number of benzene rings is 1. The van der Waals surface area contributed by atoms with Crippen LogP contribution in [0.4, 0.5) is 0 Å². The molecule has 1 aromatic carbocycles. The lowest BCUT2D eigenvalue weighted by Gasteiger charge is -2.27. The van der Waals surface area contributed by atoms with Gasteiger partial charge in [-0.25, -0.2) is 4.79 Å². The van der Waals surface area contributed by atoms with Gasteiger partial charge in [-0.2, -0.15) is 0 Å². The Balaban J connectivity index is 2.42. The van der Waals surface area contributed by atoms with Crippen LogP contribution in [0.3, 0.4) is 0 Å². The molecule has 0 bridgehead atoms. The molecule has 57 heavy (non-hydrogen) atoms. The topological polar surface area (TPSA) is 325 Å². The second-order valence-corrected chi connectivity index (χ2v) is 14.6. The van der Waals surface area contributed by atoms with E-state index in [4.69, 9.17) is 11.5 Å². The van der Waals surface area contributed by atoms with E-state index < -0.39 is 103 Å². The normalized spacial score (nSPS) is 14.9. The highest BCUT2D eigenvalue weighted by Crippen LogP contribution is 2.20. The van der Waals surface area contributed by atoms with Crippen LogP contribution in [0.15, 0.2) is 30.5 Å². The number of carboxylic acid groups (broad SMARTS) is 3. The van der Waals surface area contributed by atoms with E-state index in [0.29, 0.717) is 36.8 Å². The van der Waals surface area contributed by atoms with Crippen LogP contribution in [0.25, 0.3) is 10.9 Å². The first kappa shape index (κ1) is 47.6. The standard InChI is InChI=1S/C38H58N8O11/c1-5-21(4)32(40)37(55)43-25(12-8-9-15-39)33(51)45-28(18-31(49)50)36(54)42-26(13-14-30(47)48)34(52)44-27(35(53)46-29(38(56)57)16-20(2)3)17-22-19-41-24-11-7-6-10-23(22)24/h6-7,10-11,19-21,25-29,32,41H,5,8-9,12-18,39-40H2,1-4H3,(H,42,54)(H,43,55)(H,44,52)(H,45,51)(H,46,53)(H,47,48)(H,49,50)(H,56,57)/t21-,25-,26-,27-,28-,29-,32-/m0/s1. The van der Waals surface area contributed by atoms with Crippen molar-refractivity contribution in [1.29, 1.82) is 0 Å². The van der Waals surface area contributed by atoms with Crippen LogP contribution >= 0.6 is 0 Å².